The zero-order chi connectivity index (χ0) is 15.7. The summed E-state index contributed by atoms with van der Waals surface area (Å²) in [6, 6.07) is 4.21. The normalized spacial score (nSPS) is 11.5. The number of hydrogen-bond acceptors (Lipinski definition) is 4. The monoisotopic (exact) mass is 298 g/mol. The van der Waals surface area contributed by atoms with E-state index in [9.17, 15) is 5.11 Å². The number of hydrogen-bond donors (Lipinski definition) is 2. The predicted octanol–water partition coefficient (Wildman–Crippen LogP) is 3.20. The van der Waals surface area contributed by atoms with Crippen LogP contribution in [0.1, 0.15) is 36.6 Å². The molecule has 0 saturated heterocycles. The summed E-state index contributed by atoms with van der Waals surface area (Å²) in [5.41, 5.74) is 5.88. The molecule has 0 aliphatic carbocycles. The van der Waals surface area contributed by atoms with Crippen LogP contribution in [-0.2, 0) is 6.61 Å². The Labute approximate surface area is 130 Å². The number of nitrogens with one attached hydrogen (secondary N) is 1. The topological polar surface area (TPSA) is 62.5 Å². The zero-order valence-electron chi connectivity index (χ0n) is 13.3. The minimum absolute atomic E-state index is 0.0401. The number of fused-ring (bicyclic) bond motifs is 3. The van der Waals surface area contributed by atoms with Crippen molar-refractivity contribution in [1.29, 1.82) is 0 Å². The van der Waals surface area contributed by atoms with Crippen LogP contribution in [-0.4, -0.2) is 26.0 Å². The van der Waals surface area contributed by atoms with Crippen LogP contribution in [0.3, 0.4) is 0 Å². The second kappa shape index (κ2) is 5.93. The van der Waals surface area contributed by atoms with Crippen molar-refractivity contribution in [3.05, 3.63) is 35.2 Å². The Bertz CT molecular complexity index is 822. The van der Waals surface area contributed by atoms with Gasteiger partial charge in [0.2, 0.25) is 0 Å². The molecule has 1 aromatic carbocycles. The van der Waals surface area contributed by atoms with Crippen molar-refractivity contribution in [3.8, 4) is 0 Å². The van der Waals surface area contributed by atoms with E-state index in [2.05, 4.69) is 43.2 Å². The molecule has 5 nitrogen and oxygen atoms in total. The van der Waals surface area contributed by atoms with Gasteiger partial charge in [0.25, 0.3) is 0 Å². The average Bonchev–Trinajstić information content (AvgIpc) is 2.94. The summed E-state index contributed by atoms with van der Waals surface area (Å²) >= 11 is 0. The van der Waals surface area contributed by atoms with Gasteiger partial charge in [-0.25, -0.2) is 9.97 Å². The molecule has 2 N–H and O–H groups in total. The maximum absolute atomic E-state index is 9.61. The lowest BCUT2D eigenvalue weighted by atomic mass is 10.1. The smallest absolute Gasteiger partial charge is 0.180 e. The van der Waals surface area contributed by atoms with Crippen molar-refractivity contribution in [2.45, 2.75) is 40.2 Å². The fourth-order valence-corrected chi connectivity index (χ4v) is 2.66. The van der Waals surface area contributed by atoms with E-state index in [-0.39, 0.29) is 6.61 Å². The number of aryl methyl sites for hydroxylation is 2. The first-order chi connectivity index (χ1) is 10.7. The molecule has 0 unspecified atom stereocenters. The van der Waals surface area contributed by atoms with E-state index in [0.717, 1.165) is 47.6 Å². The molecule has 3 aromatic rings. The molecule has 0 bridgehead atoms. The van der Waals surface area contributed by atoms with Crippen molar-refractivity contribution in [2.24, 2.45) is 0 Å². The lowest BCUT2D eigenvalue weighted by Crippen LogP contribution is -2.07. The molecule has 116 valence electrons. The molecule has 0 amide bonds. The maximum atomic E-state index is 9.61. The Morgan fingerprint density at radius 2 is 2.00 bits per heavy atom. The summed E-state index contributed by atoms with van der Waals surface area (Å²) in [6.45, 7) is 7.17. The quantitative estimate of drug-likeness (QED) is 0.710. The van der Waals surface area contributed by atoms with E-state index in [1.54, 1.807) is 6.20 Å². The zero-order valence-corrected chi connectivity index (χ0v) is 13.3. The third-order valence-corrected chi connectivity index (χ3v) is 4.10. The molecule has 0 spiro atoms. The number of aliphatic hydroxyl groups is 1. The van der Waals surface area contributed by atoms with E-state index >= 15 is 0 Å². The minimum Gasteiger partial charge on any atom is -0.390 e. The summed E-state index contributed by atoms with van der Waals surface area (Å²) in [4.78, 5) is 9.20. The number of unbranched alkanes of at least 4 members (excludes halogenated alkanes) is 1. The number of benzene rings is 1. The lowest BCUT2D eigenvalue weighted by molar-refractivity contribution is 0.276. The highest BCUT2D eigenvalue weighted by Crippen LogP contribution is 2.25. The highest BCUT2D eigenvalue weighted by atomic mass is 16.3. The number of imidazole rings is 1. The van der Waals surface area contributed by atoms with Crippen molar-refractivity contribution in [3.63, 3.8) is 0 Å². The average molecular weight is 298 g/mol. The van der Waals surface area contributed by atoms with Gasteiger partial charge in [0, 0.05) is 6.54 Å². The summed E-state index contributed by atoms with van der Waals surface area (Å²) in [5.74, 6) is 0.781. The molecule has 3 rings (SSSR count). The van der Waals surface area contributed by atoms with Gasteiger partial charge in [-0.05, 0) is 43.5 Å². The molecule has 0 fully saturated rings. The van der Waals surface area contributed by atoms with E-state index in [1.807, 2.05) is 4.40 Å². The second-order valence-electron chi connectivity index (χ2n) is 5.73. The van der Waals surface area contributed by atoms with Gasteiger partial charge < -0.3 is 10.4 Å². The summed E-state index contributed by atoms with van der Waals surface area (Å²) in [5, 5.41) is 13.0. The molecule has 2 heterocycles. The van der Waals surface area contributed by atoms with Gasteiger partial charge >= 0.3 is 0 Å². The van der Waals surface area contributed by atoms with Crippen LogP contribution in [0.2, 0.25) is 0 Å². The molecule has 2 aromatic heterocycles. The lowest BCUT2D eigenvalue weighted by Gasteiger charge is -2.12. The number of nitrogens with zero attached hydrogens (tertiary/aromatic N) is 3. The number of aliphatic hydroxyl groups excluding tert-OH is 1. The van der Waals surface area contributed by atoms with Crippen LogP contribution in [0, 0.1) is 13.8 Å². The Balaban J connectivity index is 2.26. The molecule has 22 heavy (non-hydrogen) atoms. The van der Waals surface area contributed by atoms with Gasteiger partial charge in [0.1, 0.15) is 0 Å². The Hall–Kier alpha value is -2.14. The summed E-state index contributed by atoms with van der Waals surface area (Å²) in [7, 11) is 0. The fraction of sp³-hybridized carbons (Fsp3) is 0.412. The van der Waals surface area contributed by atoms with Gasteiger partial charge in [-0.1, -0.05) is 13.3 Å². The third-order valence-electron chi connectivity index (χ3n) is 4.10. The Morgan fingerprint density at radius 1 is 1.23 bits per heavy atom. The van der Waals surface area contributed by atoms with Crippen molar-refractivity contribution < 1.29 is 5.11 Å². The fourth-order valence-electron chi connectivity index (χ4n) is 2.66. The third kappa shape index (κ3) is 2.41. The number of aromatic nitrogens is 3. The molecular formula is C17H22N4O. The molecule has 0 saturated carbocycles. The Morgan fingerprint density at radius 3 is 2.73 bits per heavy atom. The standard InChI is InChI=1S/C17H22N4O/c1-4-5-6-18-16-17-19-9-13(10-22)21(17)15-8-12(3)11(2)7-14(15)20-16/h7-9,22H,4-6,10H2,1-3H3,(H,18,20). The minimum atomic E-state index is -0.0401. The van der Waals surface area contributed by atoms with Gasteiger partial charge in [0.15, 0.2) is 11.5 Å². The van der Waals surface area contributed by atoms with E-state index in [0.29, 0.717) is 0 Å². The van der Waals surface area contributed by atoms with Gasteiger partial charge in [-0.3, -0.25) is 4.40 Å². The molecule has 5 heteroatoms. The van der Waals surface area contributed by atoms with Gasteiger partial charge in [-0.2, -0.15) is 0 Å². The maximum Gasteiger partial charge on any atom is 0.180 e. The van der Waals surface area contributed by atoms with Gasteiger partial charge in [0.05, 0.1) is 29.5 Å². The molecule has 0 aliphatic rings. The van der Waals surface area contributed by atoms with E-state index < -0.39 is 0 Å². The highest BCUT2D eigenvalue weighted by molar-refractivity contribution is 5.84. The second-order valence-corrected chi connectivity index (χ2v) is 5.73. The Kier molecular flexibility index (Phi) is 3.98. The van der Waals surface area contributed by atoms with E-state index in [1.165, 1.54) is 11.1 Å². The largest absolute Gasteiger partial charge is 0.390 e. The van der Waals surface area contributed by atoms with Crippen LogP contribution in [0.5, 0.6) is 0 Å². The summed E-state index contributed by atoms with van der Waals surface area (Å²) < 4.78 is 2.00. The van der Waals surface area contributed by atoms with Crippen molar-refractivity contribution in [1.82, 2.24) is 14.4 Å². The molecule has 0 aliphatic heterocycles. The first-order valence-electron chi connectivity index (χ1n) is 7.77. The molecule has 0 radical (unpaired) electrons. The SMILES string of the molecule is CCCCNc1nc2cc(C)c(C)cc2n2c(CO)cnc12. The number of anilines is 1. The van der Waals surface area contributed by atoms with E-state index in [4.69, 9.17) is 4.98 Å². The highest BCUT2D eigenvalue weighted by Gasteiger charge is 2.13. The number of rotatable bonds is 5. The van der Waals surface area contributed by atoms with Crippen LogP contribution in [0.15, 0.2) is 18.3 Å². The van der Waals surface area contributed by atoms with Crippen LogP contribution >= 0.6 is 0 Å². The first-order valence-corrected chi connectivity index (χ1v) is 7.77. The first kappa shape index (κ1) is 14.8. The van der Waals surface area contributed by atoms with Crippen molar-refractivity contribution >= 4 is 22.5 Å². The molecular weight excluding hydrogens is 276 g/mol. The van der Waals surface area contributed by atoms with Crippen LogP contribution in [0.25, 0.3) is 16.7 Å². The van der Waals surface area contributed by atoms with Crippen molar-refractivity contribution in [2.75, 3.05) is 11.9 Å². The predicted molar refractivity (Wildman–Crippen MR) is 89.3 cm³/mol. The van der Waals surface area contributed by atoms with Crippen LogP contribution < -0.4 is 5.32 Å². The summed E-state index contributed by atoms with van der Waals surface area (Å²) in [6.07, 6.45) is 3.94. The van der Waals surface area contributed by atoms with Crippen LogP contribution in [0.4, 0.5) is 5.82 Å². The van der Waals surface area contributed by atoms with Gasteiger partial charge in [-0.15, -0.1) is 0 Å². The molecule has 0 atom stereocenters.